The third-order valence-electron chi connectivity index (χ3n) is 6.74. The van der Waals surface area contributed by atoms with E-state index in [1.54, 1.807) is 13.0 Å². The van der Waals surface area contributed by atoms with E-state index in [9.17, 15) is 14.0 Å². The fourth-order valence-corrected chi connectivity index (χ4v) is 4.89. The van der Waals surface area contributed by atoms with Gasteiger partial charge in [-0.3, -0.25) is 14.7 Å². The van der Waals surface area contributed by atoms with Gasteiger partial charge in [0.2, 0.25) is 0 Å². The lowest BCUT2D eigenvalue weighted by molar-refractivity contribution is 0.0814. The van der Waals surface area contributed by atoms with Crippen LogP contribution in [0.15, 0.2) is 24.4 Å². The summed E-state index contributed by atoms with van der Waals surface area (Å²) in [4.78, 5) is 35.7. The molecule has 0 radical (unpaired) electrons. The number of rotatable bonds is 4. The van der Waals surface area contributed by atoms with Gasteiger partial charge in [-0.1, -0.05) is 11.6 Å². The summed E-state index contributed by atoms with van der Waals surface area (Å²) in [6.45, 7) is 10.2. The van der Waals surface area contributed by atoms with Crippen molar-refractivity contribution in [1.29, 1.82) is 0 Å². The number of carbonyl (C=O) groups excluding carboxylic acids is 2. The molecular formula is C25H31ClFN5O2. The smallest absolute Gasteiger partial charge is 0.320 e. The number of piperazine rings is 1. The SMILES string of the molecule is Cc1ncc(C(=O)Nc2cc(Cl)cc(CN3CCN(C(=O)N4CCCC4)C(C)C3)c2C)cc1F. The Morgan fingerprint density at radius 2 is 1.88 bits per heavy atom. The number of pyridine rings is 1. The summed E-state index contributed by atoms with van der Waals surface area (Å²) in [5.41, 5.74) is 2.89. The summed E-state index contributed by atoms with van der Waals surface area (Å²) in [5, 5.41) is 3.36. The van der Waals surface area contributed by atoms with Crippen molar-refractivity contribution in [2.75, 3.05) is 38.0 Å². The first-order valence-corrected chi connectivity index (χ1v) is 12.1. The molecule has 2 fully saturated rings. The monoisotopic (exact) mass is 487 g/mol. The van der Waals surface area contributed by atoms with Crippen LogP contribution < -0.4 is 5.32 Å². The lowest BCUT2D eigenvalue weighted by Crippen LogP contribution is -2.56. The van der Waals surface area contributed by atoms with Gasteiger partial charge in [-0.25, -0.2) is 9.18 Å². The Kier molecular flexibility index (Phi) is 7.38. The quantitative estimate of drug-likeness (QED) is 0.691. The number of nitrogens with zero attached hydrogens (tertiary/aromatic N) is 4. The second-order valence-corrected chi connectivity index (χ2v) is 9.67. The number of anilines is 1. The highest BCUT2D eigenvalue weighted by Gasteiger charge is 2.31. The van der Waals surface area contributed by atoms with Gasteiger partial charge in [-0.2, -0.15) is 0 Å². The van der Waals surface area contributed by atoms with E-state index in [1.165, 1.54) is 12.3 Å². The van der Waals surface area contributed by atoms with Crippen LogP contribution >= 0.6 is 11.6 Å². The fourth-order valence-electron chi connectivity index (χ4n) is 4.65. The van der Waals surface area contributed by atoms with E-state index < -0.39 is 11.7 Å². The number of halogens is 2. The summed E-state index contributed by atoms with van der Waals surface area (Å²) >= 11 is 6.38. The molecular weight excluding hydrogens is 457 g/mol. The van der Waals surface area contributed by atoms with E-state index in [1.807, 2.05) is 22.8 Å². The molecule has 2 aliphatic heterocycles. The summed E-state index contributed by atoms with van der Waals surface area (Å²) in [7, 11) is 0. The molecule has 3 heterocycles. The van der Waals surface area contributed by atoms with E-state index >= 15 is 0 Å². The van der Waals surface area contributed by atoms with Crippen LogP contribution in [0.1, 0.15) is 46.9 Å². The zero-order valence-corrected chi connectivity index (χ0v) is 20.7. The molecule has 34 heavy (non-hydrogen) atoms. The van der Waals surface area contributed by atoms with Crippen molar-refractivity contribution in [3.63, 3.8) is 0 Å². The van der Waals surface area contributed by atoms with Gasteiger partial charge in [-0.15, -0.1) is 0 Å². The van der Waals surface area contributed by atoms with Gasteiger partial charge >= 0.3 is 6.03 Å². The molecule has 0 saturated carbocycles. The number of urea groups is 1. The highest BCUT2D eigenvalue weighted by Crippen LogP contribution is 2.27. The Bertz CT molecular complexity index is 1090. The molecule has 1 atom stereocenters. The Balaban J connectivity index is 1.43. The van der Waals surface area contributed by atoms with Gasteiger partial charge in [0.05, 0.1) is 11.3 Å². The minimum Gasteiger partial charge on any atom is -0.325 e. The summed E-state index contributed by atoms with van der Waals surface area (Å²) in [5.74, 6) is -0.960. The Morgan fingerprint density at radius 1 is 1.15 bits per heavy atom. The molecule has 4 rings (SSSR count). The summed E-state index contributed by atoms with van der Waals surface area (Å²) < 4.78 is 13.8. The Hall–Kier alpha value is -2.71. The molecule has 3 amide bonds. The average molecular weight is 488 g/mol. The largest absolute Gasteiger partial charge is 0.325 e. The zero-order chi connectivity index (χ0) is 24.4. The number of aromatic nitrogens is 1. The molecule has 2 saturated heterocycles. The van der Waals surface area contributed by atoms with Crippen LogP contribution in [0.25, 0.3) is 0 Å². The summed E-state index contributed by atoms with van der Waals surface area (Å²) in [6.07, 6.45) is 3.53. The molecule has 0 aliphatic carbocycles. The standard InChI is InChI=1S/C25H31ClFN5O2/c1-16-14-30(8-9-32(16)25(34)31-6-4-5-7-31)15-20-10-21(26)12-23(17(20)2)29-24(33)19-11-22(27)18(3)28-13-19/h10-13,16H,4-9,14-15H2,1-3H3,(H,29,33). The van der Waals surface area contributed by atoms with Crippen LogP contribution in [0, 0.1) is 19.7 Å². The Labute approximate surface area is 204 Å². The highest BCUT2D eigenvalue weighted by molar-refractivity contribution is 6.31. The minimum absolute atomic E-state index is 0.115. The van der Waals surface area contributed by atoms with Crippen molar-refractivity contribution in [3.8, 4) is 0 Å². The van der Waals surface area contributed by atoms with Gasteiger partial charge in [-0.05, 0) is 62.9 Å². The van der Waals surface area contributed by atoms with Crippen LogP contribution in [0.5, 0.6) is 0 Å². The molecule has 182 valence electrons. The Morgan fingerprint density at radius 3 is 2.56 bits per heavy atom. The zero-order valence-electron chi connectivity index (χ0n) is 19.9. The van der Waals surface area contributed by atoms with Crippen molar-refractivity contribution in [1.82, 2.24) is 19.7 Å². The topological polar surface area (TPSA) is 68.8 Å². The number of benzene rings is 1. The number of amides is 3. The average Bonchev–Trinajstić information content (AvgIpc) is 3.33. The van der Waals surface area contributed by atoms with Gasteiger partial charge < -0.3 is 15.1 Å². The molecule has 0 spiro atoms. The van der Waals surface area contributed by atoms with Crippen LogP contribution in [0.2, 0.25) is 5.02 Å². The first-order valence-electron chi connectivity index (χ1n) is 11.7. The second-order valence-electron chi connectivity index (χ2n) is 9.24. The predicted molar refractivity (Wildman–Crippen MR) is 131 cm³/mol. The van der Waals surface area contributed by atoms with Crippen molar-refractivity contribution >= 4 is 29.2 Å². The normalized spacial score (nSPS) is 18.9. The number of hydrogen-bond donors (Lipinski definition) is 1. The van der Waals surface area contributed by atoms with Crippen molar-refractivity contribution in [2.24, 2.45) is 0 Å². The molecule has 0 bridgehead atoms. The minimum atomic E-state index is -0.521. The van der Waals surface area contributed by atoms with Crippen LogP contribution in [0.3, 0.4) is 0 Å². The van der Waals surface area contributed by atoms with E-state index in [0.717, 1.165) is 50.1 Å². The van der Waals surface area contributed by atoms with Crippen LogP contribution in [0.4, 0.5) is 14.9 Å². The van der Waals surface area contributed by atoms with Crippen molar-refractivity contribution in [2.45, 2.75) is 46.2 Å². The number of aryl methyl sites for hydroxylation is 1. The fraction of sp³-hybridized carbons (Fsp3) is 0.480. The molecule has 7 nitrogen and oxygen atoms in total. The predicted octanol–water partition coefficient (Wildman–Crippen LogP) is 4.47. The maximum atomic E-state index is 13.8. The second kappa shape index (κ2) is 10.3. The van der Waals surface area contributed by atoms with Crippen molar-refractivity contribution in [3.05, 3.63) is 57.6 Å². The molecule has 1 unspecified atom stereocenters. The lowest BCUT2D eigenvalue weighted by atomic mass is 10.0. The van der Waals surface area contributed by atoms with E-state index in [0.29, 0.717) is 23.8 Å². The number of carbonyl (C=O) groups is 2. The van der Waals surface area contributed by atoms with Crippen molar-refractivity contribution < 1.29 is 14.0 Å². The first-order chi connectivity index (χ1) is 16.2. The lowest BCUT2D eigenvalue weighted by Gasteiger charge is -2.41. The van der Waals surface area contributed by atoms with Gasteiger partial charge in [0, 0.05) is 62.2 Å². The van der Waals surface area contributed by atoms with Crippen LogP contribution in [-0.4, -0.2) is 70.4 Å². The van der Waals surface area contributed by atoms with Gasteiger partial charge in [0.1, 0.15) is 5.82 Å². The molecule has 2 aliphatic rings. The third-order valence-corrected chi connectivity index (χ3v) is 6.96. The van der Waals surface area contributed by atoms with Gasteiger partial charge in [0.25, 0.3) is 5.91 Å². The number of nitrogens with one attached hydrogen (secondary N) is 1. The maximum absolute atomic E-state index is 13.8. The maximum Gasteiger partial charge on any atom is 0.320 e. The molecule has 9 heteroatoms. The van der Waals surface area contributed by atoms with Gasteiger partial charge in [0.15, 0.2) is 0 Å². The van der Waals surface area contributed by atoms with Crippen LogP contribution in [-0.2, 0) is 6.54 Å². The number of likely N-dealkylation sites (tertiary alicyclic amines) is 1. The highest BCUT2D eigenvalue weighted by atomic mass is 35.5. The number of hydrogen-bond acceptors (Lipinski definition) is 4. The van der Waals surface area contributed by atoms with E-state index in [2.05, 4.69) is 22.1 Å². The summed E-state index contributed by atoms with van der Waals surface area (Å²) in [6, 6.07) is 5.06. The van der Waals surface area contributed by atoms with E-state index in [4.69, 9.17) is 11.6 Å². The molecule has 2 aromatic rings. The van der Waals surface area contributed by atoms with E-state index in [-0.39, 0.29) is 23.3 Å². The first kappa shape index (κ1) is 24.4. The molecule has 1 N–H and O–H groups in total. The third kappa shape index (κ3) is 5.33. The molecule has 1 aromatic carbocycles. The molecule has 1 aromatic heterocycles.